The van der Waals surface area contributed by atoms with Gasteiger partial charge >= 0.3 is 12.2 Å². The summed E-state index contributed by atoms with van der Waals surface area (Å²) in [5.74, 6) is -7.09. The van der Waals surface area contributed by atoms with E-state index in [9.17, 15) is 45.1 Å². The normalized spacial score (nSPS) is 24.9. The van der Waals surface area contributed by atoms with Crippen molar-refractivity contribution in [2.24, 2.45) is 0 Å². The minimum atomic E-state index is -5.32. The van der Waals surface area contributed by atoms with Gasteiger partial charge in [0, 0.05) is 23.7 Å². The van der Waals surface area contributed by atoms with Crippen LogP contribution in [0.3, 0.4) is 0 Å². The smallest absolute Gasteiger partial charge is 0.320 e. The van der Waals surface area contributed by atoms with Crippen LogP contribution in [0, 0.1) is 5.82 Å². The van der Waals surface area contributed by atoms with Gasteiger partial charge in [-0.25, -0.2) is 22.4 Å². The molecule has 7 nitrogen and oxygen atoms in total. The summed E-state index contributed by atoms with van der Waals surface area (Å²) >= 11 is 3.19. The van der Waals surface area contributed by atoms with Crippen molar-refractivity contribution in [3.05, 3.63) is 63.6 Å². The van der Waals surface area contributed by atoms with E-state index >= 15 is 0 Å². The third kappa shape index (κ3) is 4.34. The van der Waals surface area contributed by atoms with Crippen LogP contribution >= 0.6 is 15.9 Å². The van der Waals surface area contributed by atoms with Crippen LogP contribution in [-0.2, 0) is 21.7 Å². The monoisotopic (exact) mass is 622 g/mol. The Bertz CT molecular complexity index is 1360. The predicted octanol–water partition coefficient (Wildman–Crippen LogP) is 4.90. The lowest BCUT2D eigenvalue weighted by molar-refractivity contribution is -0.308. The molecule has 0 unspecified atom stereocenters. The SMILES string of the molecule is O=C1N[C@]2(C[C@@H](F)c3cc(Br)ccc32)C(=O)N1CC(=O)N(Cc1ccc(F)cn1)C1(C(F)(F)F)CC(F)(F)C1. The molecule has 0 bridgehead atoms. The number of nitrogens with zero attached hydrogens (tertiary/aromatic N) is 3. The highest BCUT2D eigenvalue weighted by Crippen LogP contribution is 2.57. The molecule has 5 rings (SSSR count). The van der Waals surface area contributed by atoms with Gasteiger partial charge in [0.2, 0.25) is 5.91 Å². The Kier molecular flexibility index (Phi) is 6.24. The first-order valence-corrected chi connectivity index (χ1v) is 12.3. The summed E-state index contributed by atoms with van der Waals surface area (Å²) in [6, 6.07) is 5.02. The molecule has 3 aliphatic rings. The van der Waals surface area contributed by atoms with Gasteiger partial charge in [-0.1, -0.05) is 22.0 Å². The van der Waals surface area contributed by atoms with Crippen molar-refractivity contribution in [1.82, 2.24) is 20.1 Å². The van der Waals surface area contributed by atoms with E-state index in [0.717, 1.165) is 12.1 Å². The van der Waals surface area contributed by atoms with Crippen molar-refractivity contribution < 1.29 is 45.1 Å². The Balaban J connectivity index is 1.47. The van der Waals surface area contributed by atoms with Gasteiger partial charge in [0.25, 0.3) is 11.8 Å². The Morgan fingerprint density at radius 1 is 1.18 bits per heavy atom. The molecule has 15 heteroatoms. The summed E-state index contributed by atoms with van der Waals surface area (Å²) in [6.07, 6.45) is -10.3. The molecule has 1 aromatic carbocycles. The van der Waals surface area contributed by atoms with E-state index in [4.69, 9.17) is 0 Å². The molecule has 2 aliphatic carbocycles. The molecule has 4 amide bonds. The number of fused-ring (bicyclic) bond motifs is 2. The fourth-order valence-electron chi connectivity index (χ4n) is 5.47. The number of halogens is 8. The maximum atomic E-state index is 14.8. The number of alkyl halides is 6. The van der Waals surface area contributed by atoms with Gasteiger partial charge in [-0.3, -0.25) is 19.5 Å². The predicted molar refractivity (Wildman–Crippen MR) is 122 cm³/mol. The largest absolute Gasteiger partial charge is 0.412 e. The third-order valence-electron chi connectivity index (χ3n) is 7.32. The fourth-order valence-corrected chi connectivity index (χ4v) is 5.85. The van der Waals surface area contributed by atoms with Crippen LogP contribution in [0.25, 0.3) is 0 Å². The highest BCUT2D eigenvalue weighted by molar-refractivity contribution is 9.10. The number of rotatable bonds is 5. The second-order valence-corrected chi connectivity index (χ2v) is 10.7. The fraction of sp³-hybridized carbons (Fsp3) is 0.417. The third-order valence-corrected chi connectivity index (χ3v) is 7.81. The van der Waals surface area contributed by atoms with Crippen LogP contribution < -0.4 is 5.32 Å². The summed E-state index contributed by atoms with van der Waals surface area (Å²) in [6.45, 7) is -2.19. The van der Waals surface area contributed by atoms with Crippen LogP contribution in [0.2, 0.25) is 0 Å². The molecule has 1 N–H and O–H groups in total. The lowest BCUT2D eigenvalue weighted by Crippen LogP contribution is -2.71. The standard InChI is InChI=1S/C24H18BrF7N4O3/c25-12-1-4-16-15(5-12)17(27)6-23(16)19(38)35(20(39)34-23)9-18(37)36(8-14-3-2-13(26)7-33-14)21(24(30,31)32)10-22(28,29)11-21/h1-5,7,17H,6,8-11H2,(H,34,39)/t17-,23+/m1/s1. The summed E-state index contributed by atoms with van der Waals surface area (Å²) in [5, 5.41) is 2.36. The minimum Gasteiger partial charge on any atom is -0.320 e. The molecule has 1 aromatic heterocycles. The number of benzene rings is 1. The zero-order chi connectivity index (χ0) is 28.5. The van der Waals surface area contributed by atoms with E-state index < -0.39 is 85.4 Å². The number of hydrogen-bond donors (Lipinski definition) is 1. The van der Waals surface area contributed by atoms with Crippen molar-refractivity contribution in [2.45, 2.75) is 55.2 Å². The topological polar surface area (TPSA) is 82.6 Å². The molecule has 1 saturated heterocycles. The number of aromatic nitrogens is 1. The average molecular weight is 623 g/mol. The summed E-state index contributed by atoms with van der Waals surface area (Å²) < 4.78 is 99.0. The molecule has 1 saturated carbocycles. The zero-order valence-electron chi connectivity index (χ0n) is 19.7. The molecule has 2 fully saturated rings. The summed E-state index contributed by atoms with van der Waals surface area (Å²) in [5.41, 5.74) is -5.21. The number of amides is 4. The minimum absolute atomic E-state index is 0.105. The molecule has 2 heterocycles. The first kappa shape index (κ1) is 27.3. The maximum Gasteiger partial charge on any atom is 0.412 e. The molecular formula is C24H18BrF7N4O3. The Morgan fingerprint density at radius 2 is 1.87 bits per heavy atom. The van der Waals surface area contributed by atoms with Crippen molar-refractivity contribution in [2.75, 3.05) is 6.54 Å². The van der Waals surface area contributed by atoms with Gasteiger partial charge in [-0.2, -0.15) is 13.2 Å². The second kappa shape index (κ2) is 8.89. The van der Waals surface area contributed by atoms with E-state index in [1.54, 1.807) is 0 Å². The van der Waals surface area contributed by atoms with Crippen molar-refractivity contribution in [3.63, 3.8) is 0 Å². The number of hydrogen-bond acceptors (Lipinski definition) is 4. The van der Waals surface area contributed by atoms with Crippen molar-refractivity contribution in [3.8, 4) is 0 Å². The Morgan fingerprint density at radius 3 is 2.46 bits per heavy atom. The molecule has 1 spiro atoms. The first-order chi connectivity index (χ1) is 18.1. The van der Waals surface area contributed by atoms with Crippen LogP contribution in [0.5, 0.6) is 0 Å². The molecule has 2 aromatic rings. The number of imide groups is 1. The van der Waals surface area contributed by atoms with E-state index in [-0.39, 0.29) is 21.7 Å². The van der Waals surface area contributed by atoms with Gasteiger partial charge in [0.05, 0.1) is 18.4 Å². The lowest BCUT2D eigenvalue weighted by Gasteiger charge is -2.54. The maximum absolute atomic E-state index is 14.8. The number of urea groups is 1. The lowest BCUT2D eigenvalue weighted by atomic mass is 9.71. The van der Waals surface area contributed by atoms with Gasteiger partial charge in [-0.15, -0.1) is 0 Å². The number of carbonyl (C=O) groups is 3. The number of pyridine rings is 1. The average Bonchev–Trinajstić information content (AvgIpc) is 3.22. The van der Waals surface area contributed by atoms with Gasteiger partial charge in [0.15, 0.2) is 0 Å². The van der Waals surface area contributed by atoms with Crippen LogP contribution in [0.4, 0.5) is 35.5 Å². The summed E-state index contributed by atoms with van der Waals surface area (Å²) in [4.78, 5) is 43.6. The second-order valence-electron chi connectivity index (χ2n) is 9.82. The highest BCUT2D eigenvalue weighted by atomic mass is 79.9. The Hall–Kier alpha value is -3.23. The van der Waals surface area contributed by atoms with Gasteiger partial charge in [-0.05, 0) is 35.4 Å². The van der Waals surface area contributed by atoms with E-state index in [1.165, 1.54) is 18.2 Å². The zero-order valence-corrected chi connectivity index (χ0v) is 21.3. The number of carbonyl (C=O) groups excluding carboxylic acids is 3. The molecule has 39 heavy (non-hydrogen) atoms. The number of nitrogens with one attached hydrogen (secondary N) is 1. The van der Waals surface area contributed by atoms with Crippen LogP contribution in [0.15, 0.2) is 41.0 Å². The van der Waals surface area contributed by atoms with Crippen molar-refractivity contribution in [1.29, 1.82) is 0 Å². The molecule has 1 aliphatic heterocycles. The molecule has 0 radical (unpaired) electrons. The van der Waals surface area contributed by atoms with Crippen LogP contribution in [0.1, 0.15) is 42.3 Å². The summed E-state index contributed by atoms with van der Waals surface area (Å²) in [7, 11) is 0. The van der Waals surface area contributed by atoms with Crippen molar-refractivity contribution >= 4 is 33.8 Å². The molecule has 2 atom stereocenters. The Labute approximate surface area is 224 Å². The molecule has 208 valence electrons. The van der Waals surface area contributed by atoms with Gasteiger partial charge < -0.3 is 10.2 Å². The first-order valence-electron chi connectivity index (χ1n) is 11.5. The molecular weight excluding hydrogens is 605 g/mol. The van der Waals surface area contributed by atoms with E-state index in [2.05, 4.69) is 26.2 Å². The van der Waals surface area contributed by atoms with Gasteiger partial charge in [0.1, 0.15) is 29.6 Å². The highest BCUT2D eigenvalue weighted by Gasteiger charge is 2.73. The quantitative estimate of drug-likeness (QED) is 0.380. The van der Waals surface area contributed by atoms with E-state index in [0.29, 0.717) is 15.6 Å². The van der Waals surface area contributed by atoms with Crippen LogP contribution in [-0.4, -0.2) is 56.8 Å². The van der Waals surface area contributed by atoms with E-state index in [1.807, 2.05) is 0 Å².